The molecule has 0 aliphatic carbocycles. The number of fused-ring (bicyclic) bond motifs is 2. The molecule has 1 aliphatic rings. The number of hydrogen-bond acceptors (Lipinski definition) is 5. The standard InChI is InChI=1S/C23H29O5PS/c1-3-4-5-6-7-10-16-27-29(24,25)28-21-17-18-12-8-9-15-22(18)30-23-19(21)13-11-14-20(23)26-2/h8-9,11-15,17H,3-7,10,16H2,1-2H3,(H,24,25). The van der Waals surface area contributed by atoms with Crippen LogP contribution < -0.4 is 4.74 Å². The predicted octanol–water partition coefficient (Wildman–Crippen LogP) is 7.15. The maximum atomic E-state index is 12.6. The van der Waals surface area contributed by atoms with Crippen LogP contribution in [0.5, 0.6) is 5.75 Å². The summed E-state index contributed by atoms with van der Waals surface area (Å²) in [5.74, 6) is 0.986. The SMILES string of the molecule is CCCCCCCCOP(=O)(O)OC1=Cc2ccccc2Sc2c(OC)cccc21. The maximum absolute atomic E-state index is 12.6. The van der Waals surface area contributed by atoms with Gasteiger partial charge in [0, 0.05) is 10.5 Å². The van der Waals surface area contributed by atoms with Gasteiger partial charge in [-0.05, 0) is 36.3 Å². The van der Waals surface area contributed by atoms with E-state index in [0.29, 0.717) is 17.1 Å². The van der Waals surface area contributed by atoms with Crippen LogP contribution in [-0.2, 0) is 13.6 Å². The molecule has 162 valence electrons. The number of rotatable bonds is 11. The summed E-state index contributed by atoms with van der Waals surface area (Å²) in [6.45, 7) is 2.37. The lowest BCUT2D eigenvalue weighted by Gasteiger charge is -2.17. The summed E-state index contributed by atoms with van der Waals surface area (Å²) in [4.78, 5) is 12.2. The molecule has 0 spiro atoms. The number of hydrogen-bond donors (Lipinski definition) is 1. The zero-order chi connectivity index (χ0) is 21.4. The number of benzene rings is 2. The van der Waals surface area contributed by atoms with Crippen molar-refractivity contribution in [3.05, 3.63) is 53.6 Å². The summed E-state index contributed by atoms with van der Waals surface area (Å²) in [6.07, 6.45) is 8.21. The van der Waals surface area contributed by atoms with Crippen LogP contribution in [0.4, 0.5) is 0 Å². The molecule has 30 heavy (non-hydrogen) atoms. The molecule has 0 saturated heterocycles. The minimum absolute atomic E-state index is 0.198. The van der Waals surface area contributed by atoms with Crippen molar-refractivity contribution in [2.45, 2.75) is 55.2 Å². The number of methoxy groups -OCH3 is 1. The molecule has 1 heterocycles. The average molecular weight is 449 g/mol. The summed E-state index contributed by atoms with van der Waals surface area (Å²) in [5.41, 5.74) is 1.61. The van der Waals surface area contributed by atoms with E-state index >= 15 is 0 Å². The van der Waals surface area contributed by atoms with Crippen molar-refractivity contribution in [3.8, 4) is 5.75 Å². The molecule has 0 amide bonds. The third-order valence-corrected chi connectivity index (χ3v) is 7.00. The van der Waals surface area contributed by atoms with E-state index in [2.05, 4.69) is 6.92 Å². The number of phosphoric ester groups is 1. The Hall–Kier alpha value is -1.72. The smallest absolute Gasteiger partial charge is 0.496 e. The third kappa shape index (κ3) is 6.14. The minimum atomic E-state index is -4.25. The van der Waals surface area contributed by atoms with E-state index < -0.39 is 7.82 Å². The van der Waals surface area contributed by atoms with Gasteiger partial charge in [0.05, 0.1) is 18.6 Å². The van der Waals surface area contributed by atoms with E-state index in [-0.39, 0.29) is 6.61 Å². The fraction of sp³-hybridized carbons (Fsp3) is 0.391. The van der Waals surface area contributed by atoms with Gasteiger partial charge in [-0.3, -0.25) is 9.42 Å². The van der Waals surface area contributed by atoms with E-state index in [0.717, 1.165) is 34.6 Å². The molecule has 3 rings (SSSR count). The summed E-state index contributed by atoms with van der Waals surface area (Å²) >= 11 is 1.55. The van der Waals surface area contributed by atoms with Gasteiger partial charge in [-0.15, -0.1) is 0 Å². The Kier molecular flexibility index (Phi) is 8.46. The Morgan fingerprint density at radius 2 is 1.77 bits per heavy atom. The topological polar surface area (TPSA) is 65.0 Å². The van der Waals surface area contributed by atoms with E-state index in [1.54, 1.807) is 24.9 Å². The van der Waals surface area contributed by atoms with Crippen molar-refractivity contribution in [2.24, 2.45) is 0 Å². The van der Waals surface area contributed by atoms with Gasteiger partial charge in [0.2, 0.25) is 0 Å². The van der Waals surface area contributed by atoms with Gasteiger partial charge in [-0.2, -0.15) is 0 Å². The van der Waals surface area contributed by atoms with Crippen LogP contribution in [0.25, 0.3) is 11.8 Å². The monoisotopic (exact) mass is 448 g/mol. The van der Waals surface area contributed by atoms with Gasteiger partial charge in [-0.1, -0.05) is 75.1 Å². The molecule has 1 aliphatic heterocycles. The second kappa shape index (κ2) is 11.1. The highest BCUT2D eigenvalue weighted by Crippen LogP contribution is 2.52. The highest BCUT2D eigenvalue weighted by atomic mass is 32.2. The summed E-state index contributed by atoms with van der Waals surface area (Å²) < 4.78 is 29.0. The molecule has 0 aromatic heterocycles. The highest BCUT2D eigenvalue weighted by molar-refractivity contribution is 7.99. The number of phosphoric acid groups is 1. The lowest BCUT2D eigenvalue weighted by atomic mass is 10.1. The molecule has 0 bridgehead atoms. The highest BCUT2D eigenvalue weighted by Gasteiger charge is 2.28. The molecular weight excluding hydrogens is 419 g/mol. The summed E-state index contributed by atoms with van der Waals surface area (Å²) in [6, 6.07) is 13.4. The van der Waals surface area contributed by atoms with Crippen LogP contribution in [0.1, 0.15) is 56.6 Å². The Morgan fingerprint density at radius 1 is 1.00 bits per heavy atom. The van der Waals surface area contributed by atoms with Crippen LogP contribution >= 0.6 is 19.6 Å². The van der Waals surface area contributed by atoms with Crippen molar-refractivity contribution < 1.29 is 23.2 Å². The Balaban J connectivity index is 1.75. The lowest BCUT2D eigenvalue weighted by Crippen LogP contribution is -1.99. The first-order chi connectivity index (χ1) is 14.5. The zero-order valence-corrected chi connectivity index (χ0v) is 19.2. The third-order valence-electron chi connectivity index (χ3n) is 4.85. The fourth-order valence-corrected chi connectivity index (χ4v) is 5.24. The van der Waals surface area contributed by atoms with Gasteiger partial charge >= 0.3 is 7.82 Å². The Bertz CT molecular complexity index is 928. The van der Waals surface area contributed by atoms with Crippen molar-refractivity contribution >= 4 is 31.4 Å². The molecule has 5 nitrogen and oxygen atoms in total. The first-order valence-corrected chi connectivity index (χ1v) is 12.7. The predicted molar refractivity (Wildman–Crippen MR) is 122 cm³/mol. The molecular formula is C23H29O5PS. The normalized spacial score (nSPS) is 14.7. The first-order valence-electron chi connectivity index (χ1n) is 10.4. The lowest BCUT2D eigenvalue weighted by molar-refractivity contribution is 0.191. The second-order valence-electron chi connectivity index (χ2n) is 7.15. The quantitative estimate of drug-likeness (QED) is 0.291. The van der Waals surface area contributed by atoms with Crippen molar-refractivity contribution in [1.29, 1.82) is 0 Å². The Morgan fingerprint density at radius 3 is 2.57 bits per heavy atom. The molecule has 2 aromatic rings. The zero-order valence-electron chi connectivity index (χ0n) is 17.5. The van der Waals surface area contributed by atoms with Gasteiger partial charge in [0.1, 0.15) is 11.5 Å². The van der Waals surface area contributed by atoms with Crippen molar-refractivity contribution in [3.63, 3.8) is 0 Å². The largest absolute Gasteiger partial charge is 0.527 e. The molecule has 1 atom stereocenters. The molecule has 0 radical (unpaired) electrons. The first kappa shape index (κ1) is 23.0. The maximum Gasteiger partial charge on any atom is 0.527 e. The number of ether oxygens (including phenoxy) is 1. The molecule has 2 aromatic carbocycles. The van der Waals surface area contributed by atoms with E-state index in [1.807, 2.05) is 42.5 Å². The van der Waals surface area contributed by atoms with Gasteiger partial charge in [0.15, 0.2) is 0 Å². The molecule has 0 saturated carbocycles. The van der Waals surface area contributed by atoms with E-state index in [9.17, 15) is 9.46 Å². The van der Waals surface area contributed by atoms with Gasteiger partial charge < -0.3 is 9.26 Å². The van der Waals surface area contributed by atoms with Crippen LogP contribution in [0.15, 0.2) is 52.3 Å². The van der Waals surface area contributed by atoms with Crippen LogP contribution in [-0.4, -0.2) is 18.6 Å². The minimum Gasteiger partial charge on any atom is -0.496 e. The molecule has 0 fully saturated rings. The van der Waals surface area contributed by atoms with Gasteiger partial charge in [0.25, 0.3) is 0 Å². The molecule has 1 N–H and O–H groups in total. The van der Waals surface area contributed by atoms with E-state index in [1.165, 1.54) is 19.3 Å². The van der Waals surface area contributed by atoms with Crippen molar-refractivity contribution in [1.82, 2.24) is 0 Å². The van der Waals surface area contributed by atoms with Crippen LogP contribution in [0, 0.1) is 0 Å². The summed E-state index contributed by atoms with van der Waals surface area (Å²) in [5, 5.41) is 0. The molecule has 1 unspecified atom stereocenters. The van der Waals surface area contributed by atoms with Crippen LogP contribution in [0.3, 0.4) is 0 Å². The Labute approximate surface area is 183 Å². The second-order valence-corrected chi connectivity index (χ2v) is 9.58. The number of unbranched alkanes of at least 4 members (excludes halogenated alkanes) is 5. The van der Waals surface area contributed by atoms with Crippen LogP contribution in [0.2, 0.25) is 0 Å². The fourth-order valence-electron chi connectivity index (χ4n) is 3.29. The molecule has 7 heteroatoms. The van der Waals surface area contributed by atoms with E-state index in [4.69, 9.17) is 13.8 Å². The van der Waals surface area contributed by atoms with Gasteiger partial charge in [-0.25, -0.2) is 4.57 Å². The average Bonchev–Trinajstić information content (AvgIpc) is 2.89. The van der Waals surface area contributed by atoms with Crippen molar-refractivity contribution in [2.75, 3.05) is 13.7 Å². The summed E-state index contributed by atoms with van der Waals surface area (Å²) in [7, 11) is -2.64.